The number of rotatable bonds is 5. The molecule has 0 aromatic heterocycles. The van der Waals surface area contributed by atoms with Crippen molar-refractivity contribution >= 4 is 17.3 Å². The van der Waals surface area contributed by atoms with Gasteiger partial charge in [0.1, 0.15) is 5.75 Å². The molecule has 0 spiro atoms. The highest BCUT2D eigenvalue weighted by Crippen LogP contribution is 2.34. The summed E-state index contributed by atoms with van der Waals surface area (Å²) in [6.07, 6.45) is 3.54. The number of halogens is 1. The normalized spacial score (nSPS) is 28.4. The van der Waals surface area contributed by atoms with Gasteiger partial charge in [0.2, 0.25) is 0 Å². The number of hydrogen-bond donors (Lipinski definition) is 1. The van der Waals surface area contributed by atoms with Crippen LogP contribution < -0.4 is 10.1 Å². The summed E-state index contributed by atoms with van der Waals surface area (Å²) in [6.45, 7) is 6.58. The molecule has 0 amide bonds. The molecule has 3 nitrogen and oxygen atoms in total. The molecule has 1 aromatic carbocycles. The van der Waals surface area contributed by atoms with E-state index in [9.17, 15) is 0 Å². The smallest absolute Gasteiger partial charge is 0.142 e. The summed E-state index contributed by atoms with van der Waals surface area (Å²) in [5.74, 6) is 1.69. The van der Waals surface area contributed by atoms with Crippen LogP contribution in [-0.4, -0.2) is 37.2 Å². The van der Waals surface area contributed by atoms with Crippen LogP contribution in [0.25, 0.3) is 0 Å². The van der Waals surface area contributed by atoms with Crippen LogP contribution in [0, 0.1) is 5.92 Å². The minimum atomic E-state index is 0.552. The number of piperidine rings is 1. The first kappa shape index (κ1) is 14.0. The molecule has 4 heteroatoms. The Balaban J connectivity index is 1.73. The first-order chi connectivity index (χ1) is 9.76. The van der Waals surface area contributed by atoms with E-state index in [2.05, 4.69) is 17.1 Å². The largest absolute Gasteiger partial charge is 0.491 e. The fourth-order valence-corrected chi connectivity index (χ4v) is 3.47. The van der Waals surface area contributed by atoms with Crippen molar-refractivity contribution in [3.05, 3.63) is 23.2 Å². The third-order valence-electron chi connectivity index (χ3n) is 4.38. The van der Waals surface area contributed by atoms with Crippen LogP contribution in [-0.2, 0) is 0 Å². The summed E-state index contributed by atoms with van der Waals surface area (Å²) in [5.41, 5.74) is 1.05. The molecule has 0 saturated carbocycles. The number of nitrogens with zero attached hydrogens (tertiary/aromatic N) is 1. The Kier molecular flexibility index (Phi) is 4.37. The summed E-state index contributed by atoms with van der Waals surface area (Å²) in [7, 11) is 0. The number of anilines is 1. The lowest BCUT2D eigenvalue weighted by molar-refractivity contribution is 0.254. The van der Waals surface area contributed by atoms with Gasteiger partial charge in [0.15, 0.2) is 0 Å². The number of nitrogens with one attached hydrogen (secondary N) is 1. The predicted molar refractivity (Wildman–Crippen MR) is 83.8 cm³/mol. The van der Waals surface area contributed by atoms with Gasteiger partial charge < -0.3 is 15.0 Å². The highest BCUT2D eigenvalue weighted by molar-refractivity contribution is 6.30. The zero-order valence-corrected chi connectivity index (χ0v) is 12.8. The Labute approximate surface area is 126 Å². The van der Waals surface area contributed by atoms with Crippen molar-refractivity contribution in [1.82, 2.24) is 4.90 Å². The minimum Gasteiger partial charge on any atom is -0.491 e. The van der Waals surface area contributed by atoms with Crippen LogP contribution in [0.3, 0.4) is 0 Å². The Morgan fingerprint density at radius 1 is 1.35 bits per heavy atom. The Morgan fingerprint density at radius 2 is 2.20 bits per heavy atom. The van der Waals surface area contributed by atoms with Crippen molar-refractivity contribution in [3.8, 4) is 5.75 Å². The molecule has 2 fully saturated rings. The monoisotopic (exact) mass is 294 g/mol. The number of hydrogen-bond acceptors (Lipinski definition) is 3. The van der Waals surface area contributed by atoms with Crippen LogP contribution in [0.5, 0.6) is 5.75 Å². The Morgan fingerprint density at radius 3 is 3.05 bits per heavy atom. The van der Waals surface area contributed by atoms with Crippen molar-refractivity contribution in [2.45, 2.75) is 32.2 Å². The van der Waals surface area contributed by atoms with E-state index < -0.39 is 0 Å². The lowest BCUT2D eigenvalue weighted by Gasteiger charge is -2.32. The standard InChI is InChI=1S/C16H23ClN2O/c1-2-9-20-16-4-3-13(17)10-15(16)18-14-6-8-19-7-5-12(14)11-19/h3-4,10,12,14,18H,2,5-9,11H2,1H3. The molecule has 1 aromatic rings. The van der Waals surface area contributed by atoms with E-state index in [0.717, 1.165) is 35.4 Å². The second-order valence-electron chi connectivity index (χ2n) is 5.88. The molecular weight excluding hydrogens is 272 g/mol. The molecule has 2 aliphatic heterocycles. The molecule has 0 aliphatic carbocycles. The number of benzene rings is 1. The highest BCUT2D eigenvalue weighted by atomic mass is 35.5. The third-order valence-corrected chi connectivity index (χ3v) is 4.61. The quantitative estimate of drug-likeness (QED) is 0.897. The molecule has 3 atom stereocenters. The average Bonchev–Trinajstić information content (AvgIpc) is 2.84. The van der Waals surface area contributed by atoms with Gasteiger partial charge in [0, 0.05) is 24.2 Å². The van der Waals surface area contributed by atoms with Gasteiger partial charge in [0.25, 0.3) is 0 Å². The third kappa shape index (κ3) is 3.04. The second kappa shape index (κ2) is 6.23. The molecule has 2 saturated heterocycles. The van der Waals surface area contributed by atoms with Crippen molar-refractivity contribution < 1.29 is 4.74 Å². The van der Waals surface area contributed by atoms with E-state index in [1.54, 1.807) is 0 Å². The second-order valence-corrected chi connectivity index (χ2v) is 6.31. The molecule has 2 heterocycles. The lowest BCUT2D eigenvalue weighted by Crippen LogP contribution is -2.39. The Bertz CT molecular complexity index is 466. The predicted octanol–water partition coefficient (Wildman–Crippen LogP) is 3.63. The van der Waals surface area contributed by atoms with E-state index in [-0.39, 0.29) is 0 Å². The van der Waals surface area contributed by atoms with Crippen molar-refractivity contribution in [2.24, 2.45) is 5.92 Å². The molecule has 2 aliphatic rings. The molecule has 110 valence electrons. The van der Waals surface area contributed by atoms with E-state index in [4.69, 9.17) is 16.3 Å². The van der Waals surface area contributed by atoms with E-state index >= 15 is 0 Å². The number of fused-ring (bicyclic) bond motifs is 2. The molecule has 3 unspecified atom stereocenters. The van der Waals surface area contributed by atoms with Crippen LogP contribution in [0.2, 0.25) is 5.02 Å². The van der Waals surface area contributed by atoms with E-state index in [0.29, 0.717) is 6.04 Å². The summed E-state index contributed by atoms with van der Waals surface area (Å²) in [6, 6.07) is 6.42. The van der Waals surface area contributed by atoms with Gasteiger partial charge >= 0.3 is 0 Å². The van der Waals surface area contributed by atoms with Gasteiger partial charge in [-0.15, -0.1) is 0 Å². The van der Waals surface area contributed by atoms with E-state index in [1.807, 2.05) is 18.2 Å². The molecule has 0 radical (unpaired) electrons. The van der Waals surface area contributed by atoms with Gasteiger partial charge in [-0.05, 0) is 49.9 Å². The molecule has 3 rings (SSSR count). The zero-order valence-electron chi connectivity index (χ0n) is 12.1. The van der Waals surface area contributed by atoms with Crippen molar-refractivity contribution in [1.29, 1.82) is 0 Å². The van der Waals surface area contributed by atoms with Crippen LogP contribution >= 0.6 is 11.6 Å². The minimum absolute atomic E-state index is 0.552. The lowest BCUT2D eigenvalue weighted by atomic mass is 9.94. The summed E-state index contributed by atoms with van der Waals surface area (Å²) in [4.78, 5) is 2.56. The SMILES string of the molecule is CCCOc1ccc(Cl)cc1NC1CCN2CCC1C2. The van der Waals surface area contributed by atoms with Crippen molar-refractivity contribution in [3.63, 3.8) is 0 Å². The maximum atomic E-state index is 6.14. The summed E-state index contributed by atoms with van der Waals surface area (Å²) in [5, 5.41) is 4.45. The molecular formula is C16H23ClN2O. The van der Waals surface area contributed by atoms with Crippen LogP contribution in [0.4, 0.5) is 5.69 Å². The molecule has 20 heavy (non-hydrogen) atoms. The number of ether oxygens (including phenoxy) is 1. The maximum absolute atomic E-state index is 6.14. The van der Waals surface area contributed by atoms with Gasteiger partial charge in [-0.3, -0.25) is 0 Å². The van der Waals surface area contributed by atoms with Crippen LogP contribution in [0.1, 0.15) is 26.2 Å². The maximum Gasteiger partial charge on any atom is 0.142 e. The average molecular weight is 295 g/mol. The van der Waals surface area contributed by atoms with Crippen LogP contribution in [0.15, 0.2) is 18.2 Å². The summed E-state index contributed by atoms with van der Waals surface area (Å²) >= 11 is 6.14. The van der Waals surface area contributed by atoms with Gasteiger partial charge in [-0.25, -0.2) is 0 Å². The first-order valence-electron chi connectivity index (χ1n) is 7.67. The van der Waals surface area contributed by atoms with Gasteiger partial charge in [-0.2, -0.15) is 0 Å². The first-order valence-corrected chi connectivity index (χ1v) is 8.05. The topological polar surface area (TPSA) is 24.5 Å². The highest BCUT2D eigenvalue weighted by Gasteiger charge is 2.34. The van der Waals surface area contributed by atoms with Gasteiger partial charge in [-0.1, -0.05) is 18.5 Å². The zero-order chi connectivity index (χ0) is 13.9. The van der Waals surface area contributed by atoms with E-state index in [1.165, 1.54) is 32.5 Å². The van der Waals surface area contributed by atoms with Crippen molar-refractivity contribution in [2.75, 3.05) is 31.6 Å². The Hall–Kier alpha value is -0.930. The fraction of sp³-hybridized carbons (Fsp3) is 0.625. The fourth-order valence-electron chi connectivity index (χ4n) is 3.29. The summed E-state index contributed by atoms with van der Waals surface area (Å²) < 4.78 is 5.83. The van der Waals surface area contributed by atoms with Gasteiger partial charge in [0.05, 0.1) is 12.3 Å². The molecule has 2 bridgehead atoms. The molecule has 1 N–H and O–H groups in total.